The van der Waals surface area contributed by atoms with Gasteiger partial charge >= 0.3 is 0 Å². The van der Waals surface area contributed by atoms with Crippen LogP contribution in [-0.4, -0.2) is 0 Å². The standard InChI is InChI=1S/C12H11.3ClH.V/c1-2-6-11(7-3-1)10-12-8-4-5-9-12;;;;/h1-4,6-8H,5,10H2;3*1H;/q-1;;;;. The second-order valence-corrected chi connectivity index (χ2v) is 2.97. The van der Waals surface area contributed by atoms with Crippen molar-refractivity contribution in [1.82, 2.24) is 0 Å². The van der Waals surface area contributed by atoms with Gasteiger partial charge in [-0.25, -0.2) is 11.6 Å². The van der Waals surface area contributed by atoms with Gasteiger partial charge in [0.1, 0.15) is 0 Å². The summed E-state index contributed by atoms with van der Waals surface area (Å²) < 4.78 is 0. The van der Waals surface area contributed by atoms with Gasteiger partial charge in [0.15, 0.2) is 0 Å². The van der Waals surface area contributed by atoms with E-state index in [1.807, 2.05) is 6.07 Å². The maximum absolute atomic E-state index is 3.31. The molecule has 0 bridgehead atoms. The van der Waals surface area contributed by atoms with Crippen molar-refractivity contribution in [3.05, 3.63) is 59.7 Å². The van der Waals surface area contributed by atoms with Crippen LogP contribution in [0, 0.1) is 6.08 Å². The molecule has 0 heterocycles. The molecule has 0 aliphatic heterocycles. The number of halogens is 3. The predicted molar refractivity (Wildman–Crippen MR) is 72.4 cm³/mol. The van der Waals surface area contributed by atoms with Crippen molar-refractivity contribution < 1.29 is 18.6 Å². The Bertz CT molecular complexity index is 320. The van der Waals surface area contributed by atoms with Crippen LogP contribution < -0.4 is 0 Å². The third-order valence-corrected chi connectivity index (χ3v) is 2.00. The number of rotatable bonds is 2. The summed E-state index contributed by atoms with van der Waals surface area (Å²) in [6, 6.07) is 10.5. The molecule has 0 unspecified atom stereocenters. The molecule has 0 amide bonds. The van der Waals surface area contributed by atoms with Crippen LogP contribution in [0.25, 0.3) is 0 Å². The van der Waals surface area contributed by atoms with E-state index in [2.05, 4.69) is 42.5 Å². The van der Waals surface area contributed by atoms with Gasteiger partial charge in [0.05, 0.1) is 0 Å². The van der Waals surface area contributed by atoms with Gasteiger partial charge in [-0.1, -0.05) is 30.3 Å². The zero-order chi connectivity index (χ0) is 8.23. The zero-order valence-electron chi connectivity index (χ0n) is 8.63. The molecular formula is C12H14Cl3V-. The maximum Gasteiger partial charge on any atom is 0 e. The fourth-order valence-corrected chi connectivity index (χ4v) is 1.39. The zero-order valence-corrected chi connectivity index (χ0v) is 12.5. The quantitative estimate of drug-likeness (QED) is 0.718. The number of hydrogen-bond donors (Lipinski definition) is 0. The van der Waals surface area contributed by atoms with E-state index in [9.17, 15) is 0 Å². The van der Waals surface area contributed by atoms with Crippen LogP contribution in [0.2, 0.25) is 0 Å². The Morgan fingerprint density at radius 2 is 1.62 bits per heavy atom. The molecular weight excluding hydrogens is 301 g/mol. The van der Waals surface area contributed by atoms with Gasteiger partial charge < -0.3 is 0 Å². The molecule has 1 aromatic carbocycles. The summed E-state index contributed by atoms with van der Waals surface area (Å²) in [7, 11) is 0. The first kappa shape index (κ1) is 21.4. The normalized spacial score (nSPS) is 11.1. The van der Waals surface area contributed by atoms with E-state index < -0.39 is 0 Å². The third kappa shape index (κ3) is 6.68. The van der Waals surface area contributed by atoms with Crippen LogP contribution in [0.5, 0.6) is 0 Å². The van der Waals surface area contributed by atoms with Crippen LogP contribution in [-0.2, 0) is 25.0 Å². The van der Waals surface area contributed by atoms with E-state index in [0.29, 0.717) is 0 Å². The Morgan fingerprint density at radius 3 is 2.12 bits per heavy atom. The average Bonchev–Trinajstić information content (AvgIpc) is 2.59. The molecule has 0 spiro atoms. The first-order valence-electron chi connectivity index (χ1n) is 4.25. The van der Waals surface area contributed by atoms with Gasteiger partial charge in [-0.3, -0.25) is 6.08 Å². The van der Waals surface area contributed by atoms with E-state index >= 15 is 0 Å². The molecule has 0 aromatic heterocycles. The van der Waals surface area contributed by atoms with Crippen molar-refractivity contribution in [2.75, 3.05) is 0 Å². The molecule has 1 aliphatic carbocycles. The molecule has 4 heteroatoms. The molecule has 0 N–H and O–H groups in total. The van der Waals surface area contributed by atoms with Crippen molar-refractivity contribution >= 4 is 37.2 Å². The Morgan fingerprint density at radius 1 is 1.00 bits per heavy atom. The summed E-state index contributed by atoms with van der Waals surface area (Å²) in [6.07, 6.45) is 9.63. The summed E-state index contributed by atoms with van der Waals surface area (Å²) >= 11 is 0. The monoisotopic (exact) mass is 314 g/mol. The van der Waals surface area contributed by atoms with E-state index in [-0.39, 0.29) is 55.8 Å². The minimum Gasteiger partial charge on any atom is -0.269 e. The van der Waals surface area contributed by atoms with E-state index in [4.69, 9.17) is 0 Å². The van der Waals surface area contributed by atoms with Crippen LogP contribution in [0.4, 0.5) is 0 Å². The third-order valence-electron chi connectivity index (χ3n) is 2.00. The Hall–Kier alpha value is 0.154. The summed E-state index contributed by atoms with van der Waals surface area (Å²) in [6.45, 7) is 0. The van der Waals surface area contributed by atoms with Gasteiger partial charge in [0.25, 0.3) is 0 Å². The number of hydrogen-bond acceptors (Lipinski definition) is 0. The Balaban J connectivity index is -0.000000422. The van der Waals surface area contributed by atoms with Crippen molar-refractivity contribution in [3.63, 3.8) is 0 Å². The smallest absolute Gasteiger partial charge is 0 e. The molecule has 0 saturated heterocycles. The second-order valence-electron chi connectivity index (χ2n) is 2.97. The van der Waals surface area contributed by atoms with Crippen LogP contribution in [0.15, 0.2) is 48.1 Å². The predicted octanol–water partition coefficient (Wildman–Crippen LogP) is 4.18. The van der Waals surface area contributed by atoms with Gasteiger partial charge in [0.2, 0.25) is 0 Å². The van der Waals surface area contributed by atoms with Crippen molar-refractivity contribution in [2.45, 2.75) is 12.8 Å². The number of allylic oxidation sites excluding steroid dienone is 4. The molecule has 1 aromatic rings. The SMILES string of the molecule is Cl.Cl.Cl.[C-]1=C(Cc2ccccc2)C=CC1.[V]. The van der Waals surface area contributed by atoms with Crippen LogP contribution >= 0.6 is 37.2 Å². The molecule has 1 radical (unpaired) electrons. The first-order chi connectivity index (χ1) is 5.95. The summed E-state index contributed by atoms with van der Waals surface area (Å²) in [5.74, 6) is 0. The molecule has 0 atom stereocenters. The molecule has 0 fully saturated rings. The van der Waals surface area contributed by atoms with Gasteiger partial charge in [-0.05, 0) is 12.0 Å². The molecule has 1 aliphatic rings. The molecule has 0 nitrogen and oxygen atoms in total. The average molecular weight is 316 g/mol. The van der Waals surface area contributed by atoms with Crippen molar-refractivity contribution in [2.24, 2.45) is 0 Å². The fourth-order valence-electron chi connectivity index (χ4n) is 1.39. The first-order valence-corrected chi connectivity index (χ1v) is 4.25. The topological polar surface area (TPSA) is 0 Å². The summed E-state index contributed by atoms with van der Waals surface area (Å²) in [5, 5.41) is 0. The van der Waals surface area contributed by atoms with Crippen molar-refractivity contribution in [1.29, 1.82) is 0 Å². The molecule has 0 saturated carbocycles. The van der Waals surface area contributed by atoms with Gasteiger partial charge in [-0.15, -0.1) is 43.6 Å². The Labute approximate surface area is 128 Å². The summed E-state index contributed by atoms with van der Waals surface area (Å²) in [4.78, 5) is 0. The second kappa shape index (κ2) is 11.6. The van der Waals surface area contributed by atoms with E-state index in [1.165, 1.54) is 11.1 Å². The van der Waals surface area contributed by atoms with E-state index in [1.54, 1.807) is 0 Å². The molecule has 16 heavy (non-hydrogen) atoms. The minimum absolute atomic E-state index is 0. The fraction of sp³-hybridized carbons (Fsp3) is 0.167. The van der Waals surface area contributed by atoms with Gasteiger partial charge in [-0.2, -0.15) is 6.08 Å². The minimum atomic E-state index is 0. The number of benzene rings is 1. The Kier molecular flexibility index (Phi) is 15.6. The van der Waals surface area contributed by atoms with E-state index in [0.717, 1.165) is 12.8 Å². The van der Waals surface area contributed by atoms with Crippen LogP contribution in [0.3, 0.4) is 0 Å². The largest absolute Gasteiger partial charge is 0.269 e. The summed E-state index contributed by atoms with van der Waals surface area (Å²) in [5.41, 5.74) is 2.69. The molecule has 89 valence electrons. The van der Waals surface area contributed by atoms with Crippen molar-refractivity contribution in [3.8, 4) is 0 Å². The van der Waals surface area contributed by atoms with Crippen LogP contribution in [0.1, 0.15) is 12.0 Å². The maximum atomic E-state index is 3.31. The van der Waals surface area contributed by atoms with Gasteiger partial charge in [0, 0.05) is 18.6 Å². The molecule has 2 rings (SSSR count).